The van der Waals surface area contributed by atoms with Crippen LogP contribution in [0.4, 0.5) is 5.82 Å². The van der Waals surface area contributed by atoms with Crippen LogP contribution in [0.2, 0.25) is 0 Å². The van der Waals surface area contributed by atoms with Crippen molar-refractivity contribution in [3.63, 3.8) is 0 Å². The summed E-state index contributed by atoms with van der Waals surface area (Å²) in [5.41, 5.74) is 2.56. The molecule has 1 N–H and O–H groups in total. The van der Waals surface area contributed by atoms with Crippen molar-refractivity contribution in [1.29, 1.82) is 0 Å². The van der Waals surface area contributed by atoms with Gasteiger partial charge in [-0.1, -0.05) is 18.2 Å². The molecule has 0 radical (unpaired) electrons. The third kappa shape index (κ3) is 2.94. The normalized spacial score (nSPS) is 10.8. The molecule has 4 aromatic rings. The Balaban J connectivity index is 1.76. The van der Waals surface area contributed by atoms with Crippen molar-refractivity contribution in [3.05, 3.63) is 72.4 Å². The number of amides is 1. The highest BCUT2D eigenvalue weighted by Gasteiger charge is 2.15. The van der Waals surface area contributed by atoms with Gasteiger partial charge in [-0.15, -0.1) is 0 Å². The first-order chi connectivity index (χ1) is 12.2. The van der Waals surface area contributed by atoms with Gasteiger partial charge in [-0.05, 0) is 31.2 Å². The summed E-state index contributed by atoms with van der Waals surface area (Å²) in [5, 5.41) is 7.33. The molecule has 7 nitrogen and oxygen atoms in total. The molecule has 122 valence electrons. The maximum atomic E-state index is 12.4. The average molecular weight is 330 g/mol. The minimum absolute atomic E-state index is 0.290. The molecule has 0 aliphatic heterocycles. The van der Waals surface area contributed by atoms with Gasteiger partial charge in [0.05, 0.1) is 17.4 Å². The highest BCUT2D eigenvalue weighted by molar-refractivity contribution is 6.06. The van der Waals surface area contributed by atoms with Gasteiger partial charge in [0.15, 0.2) is 11.3 Å². The molecule has 0 spiro atoms. The lowest BCUT2D eigenvalue weighted by molar-refractivity contribution is 0.102. The fourth-order valence-corrected chi connectivity index (χ4v) is 2.51. The van der Waals surface area contributed by atoms with E-state index in [4.69, 9.17) is 0 Å². The highest BCUT2D eigenvalue weighted by atomic mass is 16.1. The van der Waals surface area contributed by atoms with E-state index in [1.807, 2.05) is 36.5 Å². The minimum Gasteiger partial charge on any atom is -0.305 e. The van der Waals surface area contributed by atoms with Crippen LogP contribution in [0.5, 0.6) is 0 Å². The SMILES string of the molecule is Cc1nc(NC(=O)c2cccnc2)c2nn(-c3ccccc3)cc2n1. The molecule has 4 rings (SSSR count). The molecular weight excluding hydrogens is 316 g/mol. The molecule has 0 saturated carbocycles. The predicted molar refractivity (Wildman–Crippen MR) is 93.6 cm³/mol. The number of carbonyl (C=O) groups excluding carboxylic acids is 1. The Morgan fingerprint density at radius 3 is 2.68 bits per heavy atom. The molecule has 0 fully saturated rings. The number of fused-ring (bicyclic) bond motifs is 1. The summed E-state index contributed by atoms with van der Waals surface area (Å²) in [6, 6.07) is 13.1. The number of para-hydroxylation sites is 1. The van der Waals surface area contributed by atoms with Crippen molar-refractivity contribution in [2.45, 2.75) is 6.92 Å². The number of aryl methyl sites for hydroxylation is 1. The van der Waals surface area contributed by atoms with E-state index in [2.05, 4.69) is 25.4 Å². The van der Waals surface area contributed by atoms with Crippen molar-refractivity contribution >= 4 is 22.8 Å². The summed E-state index contributed by atoms with van der Waals surface area (Å²) >= 11 is 0. The molecule has 1 amide bonds. The van der Waals surface area contributed by atoms with Crippen LogP contribution in [0.1, 0.15) is 16.2 Å². The van der Waals surface area contributed by atoms with Crippen LogP contribution in [0.3, 0.4) is 0 Å². The highest BCUT2D eigenvalue weighted by Crippen LogP contribution is 2.21. The van der Waals surface area contributed by atoms with E-state index in [1.165, 1.54) is 6.20 Å². The third-order valence-electron chi connectivity index (χ3n) is 3.65. The Morgan fingerprint density at radius 1 is 1.08 bits per heavy atom. The number of hydrogen-bond donors (Lipinski definition) is 1. The first-order valence-corrected chi connectivity index (χ1v) is 7.71. The van der Waals surface area contributed by atoms with Crippen molar-refractivity contribution in [2.75, 3.05) is 5.32 Å². The molecule has 0 saturated heterocycles. The van der Waals surface area contributed by atoms with E-state index < -0.39 is 0 Å². The zero-order valence-electron chi connectivity index (χ0n) is 13.4. The van der Waals surface area contributed by atoms with Gasteiger partial charge >= 0.3 is 0 Å². The van der Waals surface area contributed by atoms with Gasteiger partial charge in [0, 0.05) is 12.4 Å². The summed E-state index contributed by atoms with van der Waals surface area (Å²) in [6.07, 6.45) is 4.94. The first kappa shape index (κ1) is 14.9. The van der Waals surface area contributed by atoms with Crippen LogP contribution in [-0.2, 0) is 0 Å². The molecule has 7 heteroatoms. The van der Waals surface area contributed by atoms with Crippen molar-refractivity contribution < 1.29 is 4.79 Å². The maximum Gasteiger partial charge on any atom is 0.258 e. The lowest BCUT2D eigenvalue weighted by Crippen LogP contribution is -2.14. The molecule has 0 bridgehead atoms. The van der Waals surface area contributed by atoms with Crippen LogP contribution in [-0.4, -0.2) is 30.6 Å². The van der Waals surface area contributed by atoms with Gasteiger partial charge in [0.1, 0.15) is 11.3 Å². The number of benzene rings is 1. The standard InChI is InChI=1S/C18H14N6O/c1-12-20-15-11-24(14-7-3-2-4-8-14)23-16(15)17(21-12)22-18(25)13-6-5-9-19-10-13/h2-11H,1H3,(H,20,21,22,25). The number of pyridine rings is 1. The van der Waals surface area contributed by atoms with Gasteiger partial charge in [0.2, 0.25) is 0 Å². The van der Waals surface area contributed by atoms with E-state index in [0.29, 0.717) is 28.2 Å². The summed E-state index contributed by atoms with van der Waals surface area (Å²) in [6.45, 7) is 1.78. The molecule has 0 atom stereocenters. The first-order valence-electron chi connectivity index (χ1n) is 7.71. The van der Waals surface area contributed by atoms with Gasteiger partial charge in [-0.2, -0.15) is 5.10 Å². The van der Waals surface area contributed by atoms with Crippen LogP contribution < -0.4 is 5.32 Å². The van der Waals surface area contributed by atoms with E-state index in [9.17, 15) is 4.79 Å². The number of carbonyl (C=O) groups is 1. The Bertz CT molecular complexity index is 1040. The largest absolute Gasteiger partial charge is 0.305 e. The number of rotatable bonds is 3. The summed E-state index contributed by atoms with van der Waals surface area (Å²) in [7, 11) is 0. The Hall–Kier alpha value is -3.61. The number of nitrogens with one attached hydrogen (secondary N) is 1. The number of hydrogen-bond acceptors (Lipinski definition) is 5. The van der Waals surface area contributed by atoms with Gasteiger partial charge in [-0.25, -0.2) is 14.6 Å². The second-order valence-corrected chi connectivity index (χ2v) is 5.46. The van der Waals surface area contributed by atoms with E-state index >= 15 is 0 Å². The molecule has 0 unspecified atom stereocenters. The fraction of sp³-hybridized carbons (Fsp3) is 0.0556. The summed E-state index contributed by atoms with van der Waals surface area (Å²) in [4.78, 5) is 25.1. The quantitative estimate of drug-likeness (QED) is 0.624. The second kappa shape index (κ2) is 6.12. The minimum atomic E-state index is -0.290. The number of nitrogens with zero attached hydrogens (tertiary/aromatic N) is 5. The van der Waals surface area contributed by atoms with E-state index in [-0.39, 0.29) is 5.91 Å². The molecule has 0 aliphatic carbocycles. The third-order valence-corrected chi connectivity index (χ3v) is 3.65. The topological polar surface area (TPSA) is 85.6 Å². The number of aromatic nitrogens is 5. The van der Waals surface area contributed by atoms with Crippen molar-refractivity contribution in [2.24, 2.45) is 0 Å². The number of anilines is 1. The van der Waals surface area contributed by atoms with E-state index in [1.54, 1.807) is 29.9 Å². The van der Waals surface area contributed by atoms with Gasteiger partial charge in [-0.3, -0.25) is 9.78 Å². The molecule has 0 aliphatic rings. The molecule has 1 aromatic carbocycles. The van der Waals surface area contributed by atoms with Gasteiger partial charge < -0.3 is 5.32 Å². The van der Waals surface area contributed by atoms with Gasteiger partial charge in [0.25, 0.3) is 5.91 Å². The molecule has 25 heavy (non-hydrogen) atoms. The predicted octanol–water partition coefficient (Wildman–Crippen LogP) is 2.77. The van der Waals surface area contributed by atoms with Crippen LogP contribution >= 0.6 is 0 Å². The Kier molecular flexibility index (Phi) is 3.66. The van der Waals surface area contributed by atoms with Crippen LogP contribution in [0.25, 0.3) is 16.7 Å². The molecule has 3 heterocycles. The Labute approximate surface area is 143 Å². The van der Waals surface area contributed by atoms with Crippen molar-refractivity contribution in [1.82, 2.24) is 24.7 Å². The Morgan fingerprint density at radius 2 is 1.92 bits per heavy atom. The lowest BCUT2D eigenvalue weighted by Gasteiger charge is -2.05. The summed E-state index contributed by atoms with van der Waals surface area (Å²) in [5.74, 6) is 0.648. The zero-order valence-corrected chi connectivity index (χ0v) is 13.4. The van der Waals surface area contributed by atoms with Crippen LogP contribution in [0, 0.1) is 6.92 Å². The van der Waals surface area contributed by atoms with Crippen molar-refractivity contribution in [3.8, 4) is 5.69 Å². The molecular formula is C18H14N6O. The monoisotopic (exact) mass is 330 g/mol. The molecule has 3 aromatic heterocycles. The van der Waals surface area contributed by atoms with E-state index in [0.717, 1.165) is 5.69 Å². The smallest absolute Gasteiger partial charge is 0.258 e. The maximum absolute atomic E-state index is 12.4. The summed E-state index contributed by atoms with van der Waals surface area (Å²) < 4.78 is 1.72. The zero-order chi connectivity index (χ0) is 17.2. The average Bonchev–Trinajstić information content (AvgIpc) is 3.07. The lowest BCUT2D eigenvalue weighted by atomic mass is 10.2. The van der Waals surface area contributed by atoms with Crippen LogP contribution in [0.15, 0.2) is 61.1 Å². The second-order valence-electron chi connectivity index (χ2n) is 5.46. The fourth-order valence-electron chi connectivity index (χ4n) is 2.51.